The van der Waals surface area contributed by atoms with Crippen molar-refractivity contribution in [3.8, 4) is 11.1 Å². The Bertz CT molecular complexity index is 2200. The van der Waals surface area contributed by atoms with E-state index < -0.39 is 41.7 Å². The summed E-state index contributed by atoms with van der Waals surface area (Å²) in [6.07, 6.45) is 13.7. The number of hydrogen-bond acceptors (Lipinski definition) is 6. The van der Waals surface area contributed by atoms with E-state index in [2.05, 4.69) is 36.5 Å². The number of unbranched alkanes of at least 4 members (excludes halogenated alkanes) is 10. The van der Waals surface area contributed by atoms with Gasteiger partial charge in [-0.1, -0.05) is 204 Å². The normalized spacial score (nSPS) is 13.6. The van der Waals surface area contributed by atoms with Crippen LogP contribution in [0.25, 0.3) is 11.1 Å². The molecule has 5 aromatic carbocycles. The average Bonchev–Trinajstić information content (AvgIpc) is 3.60. The molecule has 1 amide bonds. The van der Waals surface area contributed by atoms with E-state index in [-0.39, 0.29) is 12.5 Å². The molecule has 0 heterocycles. The molecule has 0 saturated heterocycles. The SMILES string of the molecule is CCCCCCCCCCCCCc1ccc(C(OC(=O)C[C@H](NC(=O)OCC2c3ccccc3-c3ccccc32)C(=O)OC(C)(C)C)(c2ccccc2)c2ccccc2Cl)cc1. The molecule has 5 aromatic rings. The molecule has 7 nitrogen and oxygen atoms in total. The highest BCUT2D eigenvalue weighted by Gasteiger charge is 2.43. The molecule has 2 atom stereocenters. The van der Waals surface area contributed by atoms with Gasteiger partial charge in [-0.2, -0.15) is 0 Å². The maximum absolute atomic E-state index is 14.5. The zero-order chi connectivity index (χ0) is 44.7. The molecule has 0 bridgehead atoms. The quantitative estimate of drug-likeness (QED) is 0.0322. The number of aryl methyl sites for hydroxylation is 1. The topological polar surface area (TPSA) is 90.9 Å². The lowest BCUT2D eigenvalue weighted by Gasteiger charge is -2.36. The lowest BCUT2D eigenvalue weighted by molar-refractivity contribution is -0.163. The summed E-state index contributed by atoms with van der Waals surface area (Å²) in [5, 5.41) is 3.05. The first-order valence-corrected chi connectivity index (χ1v) is 23.3. The molecule has 332 valence electrons. The summed E-state index contributed by atoms with van der Waals surface area (Å²) in [7, 11) is 0. The summed E-state index contributed by atoms with van der Waals surface area (Å²) in [5.74, 6) is -1.73. The van der Waals surface area contributed by atoms with Gasteiger partial charge >= 0.3 is 18.0 Å². The van der Waals surface area contributed by atoms with Gasteiger partial charge < -0.3 is 19.5 Å². The van der Waals surface area contributed by atoms with Crippen LogP contribution in [0.3, 0.4) is 0 Å². The van der Waals surface area contributed by atoms with Crippen LogP contribution in [-0.4, -0.2) is 36.3 Å². The third-order valence-corrected chi connectivity index (χ3v) is 12.2. The Labute approximate surface area is 379 Å². The van der Waals surface area contributed by atoms with Crippen molar-refractivity contribution in [1.82, 2.24) is 5.32 Å². The summed E-state index contributed by atoms with van der Waals surface area (Å²) in [6.45, 7) is 7.48. The molecule has 0 spiro atoms. The van der Waals surface area contributed by atoms with E-state index in [0.717, 1.165) is 35.1 Å². The van der Waals surface area contributed by atoms with E-state index in [0.29, 0.717) is 21.7 Å². The zero-order valence-corrected chi connectivity index (χ0v) is 38.3. The van der Waals surface area contributed by atoms with Crippen molar-refractivity contribution in [2.75, 3.05) is 6.61 Å². The predicted octanol–water partition coefficient (Wildman–Crippen LogP) is 13.7. The number of carbonyl (C=O) groups excluding carboxylic acids is 3. The number of amides is 1. The average molecular weight is 871 g/mol. The number of ether oxygens (including phenoxy) is 3. The molecule has 1 N–H and O–H groups in total. The Morgan fingerprint density at radius 2 is 1.14 bits per heavy atom. The van der Waals surface area contributed by atoms with Crippen LogP contribution in [0.2, 0.25) is 5.02 Å². The van der Waals surface area contributed by atoms with Crippen molar-refractivity contribution in [3.63, 3.8) is 0 Å². The Hall–Kier alpha value is -5.40. The van der Waals surface area contributed by atoms with Crippen molar-refractivity contribution in [3.05, 3.63) is 166 Å². The third kappa shape index (κ3) is 12.6. The predicted molar refractivity (Wildman–Crippen MR) is 253 cm³/mol. The van der Waals surface area contributed by atoms with Crippen molar-refractivity contribution in [2.24, 2.45) is 0 Å². The van der Waals surface area contributed by atoms with E-state index in [1.807, 2.05) is 97.1 Å². The van der Waals surface area contributed by atoms with Crippen LogP contribution in [0, 0.1) is 0 Å². The van der Waals surface area contributed by atoms with Gasteiger partial charge in [0.1, 0.15) is 18.2 Å². The Balaban J connectivity index is 1.19. The van der Waals surface area contributed by atoms with Gasteiger partial charge in [0, 0.05) is 27.6 Å². The van der Waals surface area contributed by atoms with Gasteiger partial charge in [-0.15, -0.1) is 0 Å². The largest absolute Gasteiger partial charge is 0.458 e. The van der Waals surface area contributed by atoms with E-state index in [1.54, 1.807) is 26.8 Å². The number of benzene rings is 5. The maximum atomic E-state index is 14.5. The van der Waals surface area contributed by atoms with E-state index in [4.69, 9.17) is 25.8 Å². The van der Waals surface area contributed by atoms with E-state index in [1.165, 1.54) is 69.8 Å². The van der Waals surface area contributed by atoms with Crippen LogP contribution < -0.4 is 5.32 Å². The molecule has 0 radical (unpaired) electrons. The molecular formula is C55H64ClNO6. The number of hydrogen-bond donors (Lipinski definition) is 1. The fourth-order valence-corrected chi connectivity index (χ4v) is 8.97. The molecule has 6 rings (SSSR count). The lowest BCUT2D eigenvalue weighted by Crippen LogP contribution is -2.47. The van der Waals surface area contributed by atoms with Crippen LogP contribution in [0.1, 0.15) is 144 Å². The van der Waals surface area contributed by atoms with Gasteiger partial charge in [-0.25, -0.2) is 9.59 Å². The molecule has 8 heteroatoms. The molecule has 0 aromatic heterocycles. The first-order valence-electron chi connectivity index (χ1n) is 23.0. The van der Waals surface area contributed by atoms with Crippen LogP contribution in [0.5, 0.6) is 0 Å². The highest BCUT2D eigenvalue weighted by molar-refractivity contribution is 6.31. The van der Waals surface area contributed by atoms with Crippen molar-refractivity contribution in [2.45, 2.75) is 134 Å². The molecule has 1 aliphatic carbocycles. The van der Waals surface area contributed by atoms with Gasteiger partial charge in [-0.05, 0) is 67.5 Å². The van der Waals surface area contributed by atoms with Crippen molar-refractivity contribution >= 4 is 29.6 Å². The molecular weight excluding hydrogens is 806 g/mol. The molecule has 63 heavy (non-hydrogen) atoms. The number of halogens is 1. The van der Waals surface area contributed by atoms with Gasteiger partial charge in [0.05, 0.1) is 6.42 Å². The summed E-state index contributed by atoms with van der Waals surface area (Å²) in [6, 6.07) is 39.6. The third-order valence-electron chi connectivity index (χ3n) is 11.8. The maximum Gasteiger partial charge on any atom is 0.407 e. The molecule has 0 aliphatic heterocycles. The fourth-order valence-electron chi connectivity index (χ4n) is 8.70. The summed E-state index contributed by atoms with van der Waals surface area (Å²) >= 11 is 6.99. The molecule has 0 saturated carbocycles. The minimum absolute atomic E-state index is 0.0320. The number of rotatable bonds is 22. The van der Waals surface area contributed by atoms with Crippen LogP contribution in [0.4, 0.5) is 4.79 Å². The minimum atomic E-state index is -1.51. The number of esters is 2. The highest BCUT2D eigenvalue weighted by atomic mass is 35.5. The Morgan fingerprint density at radius 1 is 0.619 bits per heavy atom. The number of alkyl carbamates (subject to hydrolysis) is 1. The fraction of sp³-hybridized carbons (Fsp3) is 0.400. The standard InChI is InChI=1S/C55H64ClNO6/c1-5-6-7-8-9-10-11-12-13-14-16-25-40-34-36-42(37-35-40)55(41-26-17-15-18-27-41,48-32-23-24-33-49(48)56)62-51(58)38-50(52(59)63-54(2,3)4)57-53(60)61-39-47-45-30-21-19-28-43(45)44-29-20-22-31-46(44)47/h15,17-24,26-37,47,50H,5-14,16,25,38-39H2,1-4H3,(H,57,60)/t50-,55?/m0/s1. The minimum Gasteiger partial charge on any atom is -0.458 e. The summed E-state index contributed by atoms with van der Waals surface area (Å²) in [4.78, 5) is 41.9. The van der Waals surface area contributed by atoms with Gasteiger partial charge in [0.2, 0.25) is 0 Å². The molecule has 1 aliphatic rings. The van der Waals surface area contributed by atoms with E-state index in [9.17, 15) is 14.4 Å². The van der Waals surface area contributed by atoms with Crippen LogP contribution >= 0.6 is 11.6 Å². The first-order chi connectivity index (χ1) is 30.5. The van der Waals surface area contributed by atoms with E-state index >= 15 is 0 Å². The highest BCUT2D eigenvalue weighted by Crippen LogP contribution is 2.45. The monoisotopic (exact) mass is 869 g/mol. The Kier molecular flexibility index (Phi) is 17.0. The molecule has 0 fully saturated rings. The number of nitrogens with one attached hydrogen (secondary N) is 1. The van der Waals surface area contributed by atoms with Gasteiger partial charge in [-0.3, -0.25) is 4.79 Å². The van der Waals surface area contributed by atoms with Gasteiger partial charge in [0.15, 0.2) is 5.60 Å². The van der Waals surface area contributed by atoms with Gasteiger partial charge in [0.25, 0.3) is 0 Å². The van der Waals surface area contributed by atoms with Crippen molar-refractivity contribution in [1.29, 1.82) is 0 Å². The second kappa shape index (κ2) is 22.8. The second-order valence-corrected chi connectivity index (χ2v) is 18.2. The summed E-state index contributed by atoms with van der Waals surface area (Å²) < 4.78 is 18.2. The number of carbonyl (C=O) groups is 3. The van der Waals surface area contributed by atoms with Crippen LogP contribution in [-0.2, 0) is 35.8 Å². The summed E-state index contributed by atoms with van der Waals surface area (Å²) in [5.41, 5.74) is 5.00. The second-order valence-electron chi connectivity index (χ2n) is 17.7. The smallest absolute Gasteiger partial charge is 0.407 e. The first kappa shape index (κ1) is 47.1. The molecule has 1 unspecified atom stereocenters. The van der Waals surface area contributed by atoms with Crippen molar-refractivity contribution < 1.29 is 28.6 Å². The zero-order valence-electron chi connectivity index (χ0n) is 37.5. The Morgan fingerprint density at radius 3 is 1.73 bits per heavy atom. The van der Waals surface area contributed by atoms with Crippen LogP contribution in [0.15, 0.2) is 127 Å². The number of fused-ring (bicyclic) bond motifs is 3. The lowest BCUT2D eigenvalue weighted by atomic mass is 9.79.